The molecule has 0 spiro atoms. The molecule has 0 saturated carbocycles. The van der Waals surface area contributed by atoms with Crippen molar-refractivity contribution in [3.63, 3.8) is 0 Å². The van der Waals surface area contributed by atoms with Crippen LogP contribution in [0.5, 0.6) is 0 Å². The van der Waals surface area contributed by atoms with E-state index < -0.39 is 0 Å². The molecule has 0 amide bonds. The van der Waals surface area contributed by atoms with Gasteiger partial charge in [0.05, 0.1) is 0 Å². The van der Waals surface area contributed by atoms with E-state index in [4.69, 9.17) is 0 Å². The van der Waals surface area contributed by atoms with Crippen molar-refractivity contribution in [3.05, 3.63) is 35.9 Å². The normalized spacial score (nSPS) is 13.1. The molecule has 0 heterocycles. The van der Waals surface area contributed by atoms with Gasteiger partial charge in [-0.1, -0.05) is 30.3 Å². The SMILES string of the molecule is CC(CNCc1ccccc1)N(C)C. The minimum atomic E-state index is 0.582. The van der Waals surface area contributed by atoms with E-state index in [2.05, 4.69) is 55.5 Å². The molecular weight excluding hydrogens is 172 g/mol. The second-order valence-electron chi connectivity index (χ2n) is 3.93. The van der Waals surface area contributed by atoms with E-state index in [9.17, 15) is 0 Å². The average molecular weight is 192 g/mol. The Hall–Kier alpha value is -0.860. The molecule has 2 heteroatoms. The van der Waals surface area contributed by atoms with Gasteiger partial charge in [0.15, 0.2) is 0 Å². The predicted molar refractivity (Wildman–Crippen MR) is 61.3 cm³/mol. The Morgan fingerprint density at radius 3 is 2.43 bits per heavy atom. The minimum Gasteiger partial charge on any atom is -0.311 e. The van der Waals surface area contributed by atoms with E-state index >= 15 is 0 Å². The monoisotopic (exact) mass is 192 g/mol. The van der Waals surface area contributed by atoms with Crippen molar-refractivity contribution in [1.29, 1.82) is 0 Å². The number of hydrogen-bond acceptors (Lipinski definition) is 2. The molecule has 1 rings (SSSR count). The molecule has 0 aliphatic rings. The highest BCUT2D eigenvalue weighted by atomic mass is 15.1. The Balaban J connectivity index is 2.22. The quantitative estimate of drug-likeness (QED) is 0.764. The molecule has 0 aromatic heterocycles. The van der Waals surface area contributed by atoms with Crippen LogP contribution in [0.1, 0.15) is 12.5 Å². The number of nitrogens with one attached hydrogen (secondary N) is 1. The third-order valence-electron chi connectivity index (χ3n) is 2.49. The summed E-state index contributed by atoms with van der Waals surface area (Å²) in [7, 11) is 4.21. The lowest BCUT2D eigenvalue weighted by Gasteiger charge is -2.20. The predicted octanol–water partition coefficient (Wildman–Crippen LogP) is 1.73. The number of nitrogens with zero attached hydrogens (tertiary/aromatic N) is 1. The fourth-order valence-corrected chi connectivity index (χ4v) is 1.20. The molecule has 0 aliphatic carbocycles. The number of hydrogen-bond donors (Lipinski definition) is 1. The van der Waals surface area contributed by atoms with Gasteiger partial charge < -0.3 is 10.2 Å². The third-order valence-corrected chi connectivity index (χ3v) is 2.49. The van der Waals surface area contributed by atoms with Gasteiger partial charge in [0.2, 0.25) is 0 Å². The summed E-state index contributed by atoms with van der Waals surface area (Å²) in [6, 6.07) is 11.1. The molecule has 1 unspecified atom stereocenters. The third kappa shape index (κ3) is 3.90. The number of likely N-dealkylation sites (N-methyl/N-ethyl adjacent to an activating group) is 1. The standard InChI is InChI=1S/C12H20N2/c1-11(14(2)3)9-13-10-12-7-5-4-6-8-12/h4-8,11,13H,9-10H2,1-3H3. The molecular formula is C12H20N2. The van der Waals surface area contributed by atoms with Gasteiger partial charge in [-0.25, -0.2) is 0 Å². The van der Waals surface area contributed by atoms with Gasteiger partial charge in [-0.2, -0.15) is 0 Å². The van der Waals surface area contributed by atoms with Gasteiger partial charge in [-0.15, -0.1) is 0 Å². The van der Waals surface area contributed by atoms with E-state index in [1.165, 1.54) is 5.56 Å². The van der Waals surface area contributed by atoms with Crippen LogP contribution in [0.3, 0.4) is 0 Å². The molecule has 1 aromatic carbocycles. The molecule has 1 atom stereocenters. The maximum absolute atomic E-state index is 3.44. The zero-order valence-electron chi connectivity index (χ0n) is 9.33. The second kappa shape index (κ2) is 5.78. The van der Waals surface area contributed by atoms with Crippen molar-refractivity contribution in [3.8, 4) is 0 Å². The van der Waals surface area contributed by atoms with Gasteiger partial charge in [0.25, 0.3) is 0 Å². The summed E-state index contributed by atoms with van der Waals surface area (Å²) in [6.07, 6.45) is 0. The average Bonchev–Trinajstić information content (AvgIpc) is 2.19. The van der Waals surface area contributed by atoms with E-state index in [0.29, 0.717) is 6.04 Å². The number of benzene rings is 1. The van der Waals surface area contributed by atoms with E-state index in [1.54, 1.807) is 0 Å². The van der Waals surface area contributed by atoms with Gasteiger partial charge in [-0.05, 0) is 26.6 Å². The highest BCUT2D eigenvalue weighted by Crippen LogP contribution is 1.97. The zero-order chi connectivity index (χ0) is 10.4. The largest absolute Gasteiger partial charge is 0.311 e. The lowest BCUT2D eigenvalue weighted by atomic mass is 10.2. The molecule has 0 radical (unpaired) electrons. The molecule has 0 fully saturated rings. The van der Waals surface area contributed by atoms with Crippen LogP contribution in [0.4, 0.5) is 0 Å². The van der Waals surface area contributed by atoms with Gasteiger partial charge in [-0.3, -0.25) is 0 Å². The van der Waals surface area contributed by atoms with Crippen LogP contribution in [0, 0.1) is 0 Å². The Bertz CT molecular complexity index is 244. The first-order chi connectivity index (χ1) is 6.70. The summed E-state index contributed by atoms with van der Waals surface area (Å²) in [5.41, 5.74) is 1.35. The highest BCUT2D eigenvalue weighted by Gasteiger charge is 2.02. The summed E-state index contributed by atoms with van der Waals surface area (Å²) in [6.45, 7) is 4.21. The molecule has 0 aliphatic heterocycles. The molecule has 78 valence electrons. The number of rotatable bonds is 5. The van der Waals surface area contributed by atoms with Crippen molar-refractivity contribution in [2.75, 3.05) is 20.6 Å². The molecule has 14 heavy (non-hydrogen) atoms. The van der Waals surface area contributed by atoms with Crippen molar-refractivity contribution in [2.24, 2.45) is 0 Å². The van der Waals surface area contributed by atoms with E-state index in [-0.39, 0.29) is 0 Å². The maximum atomic E-state index is 3.44. The van der Waals surface area contributed by atoms with Crippen LogP contribution in [0.15, 0.2) is 30.3 Å². The Morgan fingerprint density at radius 2 is 1.86 bits per heavy atom. The van der Waals surface area contributed by atoms with Gasteiger partial charge in [0.1, 0.15) is 0 Å². The van der Waals surface area contributed by atoms with Crippen LogP contribution in [0.25, 0.3) is 0 Å². The maximum Gasteiger partial charge on any atom is 0.0206 e. The van der Waals surface area contributed by atoms with Crippen LogP contribution in [-0.2, 0) is 6.54 Å². The van der Waals surface area contributed by atoms with Crippen LogP contribution < -0.4 is 5.32 Å². The van der Waals surface area contributed by atoms with Crippen LogP contribution in [-0.4, -0.2) is 31.6 Å². The summed E-state index contributed by atoms with van der Waals surface area (Å²) in [5, 5.41) is 3.44. The molecule has 2 nitrogen and oxygen atoms in total. The zero-order valence-corrected chi connectivity index (χ0v) is 9.33. The molecule has 0 saturated heterocycles. The first-order valence-corrected chi connectivity index (χ1v) is 5.11. The lowest BCUT2D eigenvalue weighted by Crippen LogP contribution is -2.35. The van der Waals surface area contributed by atoms with E-state index in [0.717, 1.165) is 13.1 Å². The van der Waals surface area contributed by atoms with Crippen LogP contribution in [0.2, 0.25) is 0 Å². The Labute approximate surface area is 86.9 Å². The van der Waals surface area contributed by atoms with Crippen molar-refractivity contribution in [1.82, 2.24) is 10.2 Å². The molecule has 1 N–H and O–H groups in total. The topological polar surface area (TPSA) is 15.3 Å². The highest BCUT2D eigenvalue weighted by molar-refractivity contribution is 5.14. The van der Waals surface area contributed by atoms with E-state index in [1.807, 2.05) is 6.07 Å². The van der Waals surface area contributed by atoms with Gasteiger partial charge in [0, 0.05) is 19.1 Å². The van der Waals surface area contributed by atoms with Gasteiger partial charge >= 0.3 is 0 Å². The van der Waals surface area contributed by atoms with Crippen molar-refractivity contribution >= 4 is 0 Å². The second-order valence-corrected chi connectivity index (χ2v) is 3.93. The first kappa shape index (κ1) is 11.2. The fraction of sp³-hybridized carbons (Fsp3) is 0.500. The lowest BCUT2D eigenvalue weighted by molar-refractivity contribution is 0.302. The molecule has 1 aromatic rings. The minimum absolute atomic E-state index is 0.582. The van der Waals surface area contributed by atoms with Crippen molar-refractivity contribution < 1.29 is 0 Å². The fourth-order valence-electron chi connectivity index (χ4n) is 1.20. The van der Waals surface area contributed by atoms with Crippen LogP contribution >= 0.6 is 0 Å². The Morgan fingerprint density at radius 1 is 1.21 bits per heavy atom. The van der Waals surface area contributed by atoms with Crippen molar-refractivity contribution in [2.45, 2.75) is 19.5 Å². The summed E-state index contributed by atoms with van der Waals surface area (Å²) in [5.74, 6) is 0. The summed E-state index contributed by atoms with van der Waals surface area (Å²) in [4.78, 5) is 2.22. The summed E-state index contributed by atoms with van der Waals surface area (Å²) >= 11 is 0. The first-order valence-electron chi connectivity index (χ1n) is 5.11. The molecule has 0 bridgehead atoms. The summed E-state index contributed by atoms with van der Waals surface area (Å²) < 4.78 is 0. The Kier molecular flexibility index (Phi) is 4.63. The smallest absolute Gasteiger partial charge is 0.0206 e.